The van der Waals surface area contributed by atoms with Crippen molar-refractivity contribution in [1.29, 1.82) is 0 Å². The Hall–Kier alpha value is -3.93. The Labute approximate surface area is 185 Å². The zero-order chi connectivity index (χ0) is 23.4. The largest absolute Gasteiger partial charge is 0.478 e. The molecule has 0 unspecified atom stereocenters. The van der Waals surface area contributed by atoms with Crippen molar-refractivity contribution in [3.8, 4) is 11.1 Å². The minimum atomic E-state index is -1.20. The second-order valence-electron chi connectivity index (χ2n) is 7.66. The van der Waals surface area contributed by atoms with Crippen molar-refractivity contribution in [2.24, 2.45) is 0 Å². The highest BCUT2D eigenvalue weighted by Crippen LogP contribution is 2.35. The van der Waals surface area contributed by atoms with Crippen molar-refractivity contribution in [1.82, 2.24) is 0 Å². The molecule has 0 saturated carbocycles. The van der Waals surface area contributed by atoms with Gasteiger partial charge in [0, 0.05) is 11.1 Å². The Bertz CT molecular complexity index is 1240. The molecule has 0 amide bonds. The Morgan fingerprint density at radius 3 is 2.28 bits per heavy atom. The van der Waals surface area contributed by atoms with Gasteiger partial charge in [0.1, 0.15) is 0 Å². The topological polar surface area (TPSA) is 101 Å². The summed E-state index contributed by atoms with van der Waals surface area (Å²) in [5.41, 5.74) is 1.98. The molecule has 32 heavy (non-hydrogen) atoms. The summed E-state index contributed by atoms with van der Waals surface area (Å²) >= 11 is 0. The first kappa shape index (κ1) is 22.7. The van der Waals surface area contributed by atoms with Crippen LogP contribution in [0.2, 0.25) is 0 Å². The Morgan fingerprint density at radius 2 is 1.66 bits per heavy atom. The van der Waals surface area contributed by atoms with Crippen molar-refractivity contribution in [3.63, 3.8) is 0 Å². The molecular weight excluding hydrogens is 408 g/mol. The van der Waals surface area contributed by atoms with Gasteiger partial charge in [-0.25, -0.2) is 14.4 Å². The second kappa shape index (κ2) is 9.47. The van der Waals surface area contributed by atoms with Crippen LogP contribution in [-0.2, 0) is 16.0 Å². The van der Waals surface area contributed by atoms with Crippen LogP contribution in [0.5, 0.6) is 0 Å². The van der Waals surface area contributed by atoms with Gasteiger partial charge in [-0.15, -0.1) is 0 Å². The zero-order valence-electron chi connectivity index (χ0n) is 18.0. The van der Waals surface area contributed by atoms with E-state index in [1.54, 1.807) is 26.0 Å². The fourth-order valence-electron chi connectivity index (χ4n) is 3.77. The number of aryl methyl sites for hydroxylation is 1. The minimum absolute atomic E-state index is 0.0380. The molecule has 0 heterocycles. The highest BCUT2D eigenvalue weighted by atomic mass is 16.5. The van der Waals surface area contributed by atoms with Crippen LogP contribution in [0.1, 0.15) is 45.2 Å². The molecule has 0 aliphatic carbocycles. The van der Waals surface area contributed by atoms with E-state index in [0.29, 0.717) is 29.5 Å². The molecule has 0 atom stereocenters. The predicted octanol–water partition coefficient (Wildman–Crippen LogP) is 5.26. The van der Waals surface area contributed by atoms with Crippen molar-refractivity contribution >= 4 is 28.7 Å². The molecule has 3 aromatic rings. The average molecular weight is 432 g/mol. The van der Waals surface area contributed by atoms with Crippen molar-refractivity contribution < 1.29 is 29.3 Å². The lowest BCUT2D eigenvalue weighted by Gasteiger charge is -2.18. The molecule has 0 radical (unpaired) electrons. The van der Waals surface area contributed by atoms with Gasteiger partial charge in [0.15, 0.2) is 0 Å². The van der Waals surface area contributed by atoms with Gasteiger partial charge in [-0.1, -0.05) is 43.0 Å². The van der Waals surface area contributed by atoms with Gasteiger partial charge in [0.25, 0.3) is 0 Å². The van der Waals surface area contributed by atoms with Gasteiger partial charge in [-0.3, -0.25) is 0 Å². The lowest BCUT2D eigenvalue weighted by Crippen LogP contribution is -2.14. The number of carboxylic acid groups (broad SMARTS) is 2. The summed E-state index contributed by atoms with van der Waals surface area (Å²) in [6.45, 7) is 6.88. The molecule has 0 bridgehead atoms. The molecular formula is C26H24O6. The number of benzene rings is 3. The highest BCUT2D eigenvalue weighted by molar-refractivity contribution is 6.07. The second-order valence-corrected chi connectivity index (χ2v) is 7.66. The maximum atomic E-state index is 12.3. The molecule has 6 heteroatoms. The fraction of sp³-hybridized carbons (Fsp3) is 0.192. The summed E-state index contributed by atoms with van der Waals surface area (Å²) in [6, 6.07) is 14.5. The first-order valence-electron chi connectivity index (χ1n) is 10.2. The summed E-state index contributed by atoms with van der Waals surface area (Å²) in [4.78, 5) is 36.0. The van der Waals surface area contributed by atoms with E-state index in [1.165, 1.54) is 6.07 Å². The van der Waals surface area contributed by atoms with Crippen LogP contribution in [-0.4, -0.2) is 34.7 Å². The third kappa shape index (κ3) is 4.70. The van der Waals surface area contributed by atoms with Gasteiger partial charge in [-0.2, -0.15) is 0 Å². The number of aromatic carboxylic acids is 2. The van der Waals surface area contributed by atoms with Crippen molar-refractivity contribution in [2.45, 2.75) is 26.7 Å². The molecule has 0 aliphatic rings. The molecule has 0 fully saturated rings. The van der Waals surface area contributed by atoms with Crippen LogP contribution in [0.15, 0.2) is 60.7 Å². The van der Waals surface area contributed by atoms with Gasteiger partial charge >= 0.3 is 17.9 Å². The number of fused-ring (bicyclic) bond motifs is 1. The van der Waals surface area contributed by atoms with E-state index in [0.717, 1.165) is 10.8 Å². The Kier molecular flexibility index (Phi) is 6.73. The van der Waals surface area contributed by atoms with Gasteiger partial charge in [0.05, 0.1) is 17.7 Å². The Balaban J connectivity index is 2.10. The summed E-state index contributed by atoms with van der Waals surface area (Å²) in [6.07, 6.45) is 0.709. The summed E-state index contributed by atoms with van der Waals surface area (Å²) in [5.74, 6) is -2.90. The van der Waals surface area contributed by atoms with Gasteiger partial charge in [0.2, 0.25) is 0 Å². The fourth-order valence-corrected chi connectivity index (χ4v) is 3.77. The van der Waals surface area contributed by atoms with E-state index >= 15 is 0 Å². The monoisotopic (exact) mass is 432 g/mol. The number of ether oxygens (including phenoxy) is 1. The molecule has 6 nitrogen and oxygen atoms in total. The smallest absolute Gasteiger partial charge is 0.336 e. The van der Waals surface area contributed by atoms with Crippen LogP contribution in [0.25, 0.3) is 21.9 Å². The number of hydrogen-bond acceptors (Lipinski definition) is 4. The predicted molar refractivity (Wildman–Crippen MR) is 122 cm³/mol. The third-order valence-corrected chi connectivity index (χ3v) is 5.29. The number of hydrogen-bond donors (Lipinski definition) is 2. The van der Waals surface area contributed by atoms with Crippen molar-refractivity contribution in [3.05, 3.63) is 82.9 Å². The summed E-state index contributed by atoms with van der Waals surface area (Å²) < 4.78 is 5.11. The van der Waals surface area contributed by atoms with Gasteiger partial charge in [-0.05, 0) is 66.3 Å². The minimum Gasteiger partial charge on any atom is -0.478 e. The first-order chi connectivity index (χ1) is 15.2. The SMILES string of the molecule is C=C(C)C(=O)OCCCc1c(C)cc(C(=O)O)c(-c2ccc3ccccc3c2)c1C(=O)O. The standard InChI is InChI=1S/C26H24O6/c1-15(2)26(31)32-12-6-9-20-16(3)13-21(24(27)28)22(23(20)25(29)30)19-11-10-17-7-4-5-8-18(17)14-19/h4-5,7-8,10-11,13-14H,1,6,9,12H2,2-3H3,(H,27,28)(H,29,30). The average Bonchev–Trinajstić information content (AvgIpc) is 2.75. The number of rotatable bonds is 8. The number of carbonyl (C=O) groups is 3. The van der Waals surface area contributed by atoms with Crippen molar-refractivity contribution in [2.75, 3.05) is 6.61 Å². The van der Waals surface area contributed by atoms with E-state index in [4.69, 9.17) is 4.74 Å². The molecule has 2 N–H and O–H groups in total. The normalized spacial score (nSPS) is 10.7. The van der Waals surface area contributed by atoms with Crippen LogP contribution in [0.3, 0.4) is 0 Å². The molecule has 3 aromatic carbocycles. The number of esters is 1. The van der Waals surface area contributed by atoms with Crippen LogP contribution in [0, 0.1) is 6.92 Å². The van der Waals surface area contributed by atoms with E-state index in [1.807, 2.05) is 30.3 Å². The quantitative estimate of drug-likeness (QED) is 0.286. The molecule has 3 rings (SSSR count). The maximum absolute atomic E-state index is 12.3. The highest BCUT2D eigenvalue weighted by Gasteiger charge is 2.25. The molecule has 0 aliphatic heterocycles. The van der Waals surface area contributed by atoms with E-state index in [2.05, 4.69) is 6.58 Å². The maximum Gasteiger partial charge on any atom is 0.336 e. The molecule has 164 valence electrons. The lowest BCUT2D eigenvalue weighted by molar-refractivity contribution is -0.139. The van der Waals surface area contributed by atoms with Crippen LogP contribution >= 0.6 is 0 Å². The summed E-state index contributed by atoms with van der Waals surface area (Å²) in [7, 11) is 0. The lowest BCUT2D eigenvalue weighted by atomic mass is 9.85. The number of carbonyl (C=O) groups excluding carboxylic acids is 1. The first-order valence-corrected chi connectivity index (χ1v) is 10.2. The van der Waals surface area contributed by atoms with Gasteiger partial charge < -0.3 is 14.9 Å². The molecule has 0 aromatic heterocycles. The van der Waals surface area contributed by atoms with E-state index < -0.39 is 17.9 Å². The van der Waals surface area contributed by atoms with Crippen LogP contribution in [0.4, 0.5) is 0 Å². The van der Waals surface area contributed by atoms with Crippen LogP contribution < -0.4 is 0 Å². The third-order valence-electron chi connectivity index (χ3n) is 5.29. The van der Waals surface area contributed by atoms with E-state index in [9.17, 15) is 24.6 Å². The molecule has 0 saturated heterocycles. The van der Waals surface area contributed by atoms with E-state index in [-0.39, 0.29) is 28.9 Å². The summed E-state index contributed by atoms with van der Waals surface area (Å²) in [5, 5.41) is 21.8. The zero-order valence-corrected chi connectivity index (χ0v) is 18.0. The number of carboxylic acids is 2. The molecule has 0 spiro atoms. The Morgan fingerprint density at radius 1 is 0.969 bits per heavy atom.